The molecule has 0 aliphatic heterocycles. The number of hydrogen-bond donors (Lipinski definition) is 1. The molecule has 0 aliphatic rings. The van der Waals surface area contributed by atoms with Crippen molar-refractivity contribution in [3.05, 3.63) is 24.2 Å². The first-order chi connectivity index (χ1) is 7.59. The monoisotopic (exact) mass is 241 g/mol. The van der Waals surface area contributed by atoms with Crippen molar-refractivity contribution in [2.24, 2.45) is 5.92 Å². The highest BCUT2D eigenvalue weighted by Gasteiger charge is 2.11. The van der Waals surface area contributed by atoms with E-state index in [1.807, 2.05) is 19.1 Å². The number of furan rings is 1. The van der Waals surface area contributed by atoms with Gasteiger partial charge in [0.15, 0.2) is 0 Å². The van der Waals surface area contributed by atoms with Crippen molar-refractivity contribution in [2.75, 3.05) is 11.5 Å². The maximum Gasteiger partial charge on any atom is 0.230 e. The number of thioether (sulfide) groups is 1. The molecule has 1 rings (SSSR count). The number of amides is 1. The molecule has 16 heavy (non-hydrogen) atoms. The minimum atomic E-state index is -0.0536. The first-order valence-electron chi connectivity index (χ1n) is 5.50. The Kier molecular flexibility index (Phi) is 5.46. The Labute approximate surface area is 101 Å². The molecule has 90 valence electrons. The van der Waals surface area contributed by atoms with Gasteiger partial charge in [0, 0.05) is 0 Å². The third-order valence-electron chi connectivity index (χ3n) is 2.03. The van der Waals surface area contributed by atoms with Crippen molar-refractivity contribution in [3.63, 3.8) is 0 Å². The van der Waals surface area contributed by atoms with E-state index in [2.05, 4.69) is 19.2 Å². The lowest BCUT2D eigenvalue weighted by Crippen LogP contribution is -2.28. The number of carbonyl (C=O) groups excluding carboxylic acids is 1. The topological polar surface area (TPSA) is 42.2 Å². The number of hydrogen-bond acceptors (Lipinski definition) is 3. The zero-order chi connectivity index (χ0) is 12.0. The van der Waals surface area contributed by atoms with E-state index >= 15 is 0 Å². The molecular formula is C12H19NO2S. The molecule has 1 amide bonds. The molecule has 0 saturated carbocycles. The van der Waals surface area contributed by atoms with Crippen LogP contribution in [0.2, 0.25) is 0 Å². The van der Waals surface area contributed by atoms with Crippen LogP contribution in [-0.2, 0) is 4.79 Å². The van der Waals surface area contributed by atoms with Gasteiger partial charge in [-0.2, -0.15) is 11.8 Å². The summed E-state index contributed by atoms with van der Waals surface area (Å²) in [4.78, 5) is 11.6. The Hall–Kier alpha value is -0.900. The van der Waals surface area contributed by atoms with Gasteiger partial charge in [0.25, 0.3) is 0 Å². The average Bonchev–Trinajstić information content (AvgIpc) is 2.69. The van der Waals surface area contributed by atoms with Gasteiger partial charge in [-0.15, -0.1) is 0 Å². The quantitative estimate of drug-likeness (QED) is 0.832. The van der Waals surface area contributed by atoms with Gasteiger partial charge in [0.05, 0.1) is 18.1 Å². The van der Waals surface area contributed by atoms with Crippen LogP contribution in [0, 0.1) is 5.92 Å². The molecule has 0 unspecified atom stereocenters. The van der Waals surface area contributed by atoms with E-state index in [0.29, 0.717) is 11.7 Å². The summed E-state index contributed by atoms with van der Waals surface area (Å²) in [6.07, 6.45) is 1.62. The Morgan fingerprint density at radius 3 is 2.81 bits per heavy atom. The molecule has 0 radical (unpaired) electrons. The molecule has 0 spiro atoms. The molecule has 1 N–H and O–H groups in total. The molecule has 1 heterocycles. The molecule has 0 aliphatic carbocycles. The largest absolute Gasteiger partial charge is 0.467 e. The van der Waals surface area contributed by atoms with Crippen LogP contribution in [0.3, 0.4) is 0 Å². The normalized spacial score (nSPS) is 12.8. The fourth-order valence-corrected chi connectivity index (χ4v) is 2.14. The first-order valence-corrected chi connectivity index (χ1v) is 6.65. The van der Waals surface area contributed by atoms with Crippen molar-refractivity contribution in [2.45, 2.75) is 26.8 Å². The standard InChI is InChI=1S/C12H19NO2S/c1-9(2)7-16-8-12(14)13-10(3)11-5-4-6-15-11/h4-6,9-10H,7-8H2,1-3H3,(H,13,14)/t10-/m1/s1. The minimum absolute atomic E-state index is 0.0536. The van der Waals surface area contributed by atoms with Crippen LogP contribution in [0.25, 0.3) is 0 Å². The van der Waals surface area contributed by atoms with Crippen LogP contribution in [0.4, 0.5) is 0 Å². The second-order valence-electron chi connectivity index (χ2n) is 4.21. The molecule has 4 heteroatoms. The molecule has 0 aromatic carbocycles. The van der Waals surface area contributed by atoms with Gasteiger partial charge >= 0.3 is 0 Å². The zero-order valence-electron chi connectivity index (χ0n) is 10.0. The Bertz CT molecular complexity index is 309. The molecule has 1 aromatic heterocycles. The van der Waals surface area contributed by atoms with E-state index in [0.717, 1.165) is 11.5 Å². The van der Waals surface area contributed by atoms with Crippen LogP contribution in [0.5, 0.6) is 0 Å². The number of nitrogens with one attached hydrogen (secondary N) is 1. The third-order valence-corrected chi connectivity index (χ3v) is 3.40. The molecule has 1 atom stereocenters. The lowest BCUT2D eigenvalue weighted by molar-refractivity contribution is -0.119. The summed E-state index contributed by atoms with van der Waals surface area (Å²) < 4.78 is 5.22. The van der Waals surface area contributed by atoms with Gasteiger partial charge in [-0.1, -0.05) is 13.8 Å². The fourth-order valence-electron chi connectivity index (χ4n) is 1.28. The summed E-state index contributed by atoms with van der Waals surface area (Å²) in [6, 6.07) is 3.64. The van der Waals surface area contributed by atoms with Crippen molar-refractivity contribution in [1.29, 1.82) is 0 Å². The molecule has 3 nitrogen and oxygen atoms in total. The van der Waals surface area contributed by atoms with Crippen LogP contribution in [-0.4, -0.2) is 17.4 Å². The molecule has 0 bridgehead atoms. The summed E-state index contributed by atoms with van der Waals surface area (Å²) in [5.74, 6) is 3.02. The number of rotatable bonds is 6. The highest BCUT2D eigenvalue weighted by atomic mass is 32.2. The minimum Gasteiger partial charge on any atom is -0.467 e. The zero-order valence-corrected chi connectivity index (χ0v) is 10.8. The third kappa shape index (κ3) is 4.75. The van der Waals surface area contributed by atoms with Crippen molar-refractivity contribution in [1.82, 2.24) is 5.32 Å². The molecule has 0 fully saturated rings. The Morgan fingerprint density at radius 1 is 1.50 bits per heavy atom. The highest BCUT2D eigenvalue weighted by Crippen LogP contribution is 2.13. The van der Waals surface area contributed by atoms with Crippen LogP contribution >= 0.6 is 11.8 Å². The second kappa shape index (κ2) is 6.63. The molecule has 1 aromatic rings. The SMILES string of the molecule is CC(C)CSCC(=O)N[C@H](C)c1ccco1. The predicted octanol–water partition coefficient (Wildman–Crippen LogP) is 2.85. The smallest absolute Gasteiger partial charge is 0.230 e. The van der Waals surface area contributed by atoms with E-state index in [9.17, 15) is 4.79 Å². The van der Waals surface area contributed by atoms with Gasteiger partial charge in [-0.05, 0) is 30.7 Å². The lowest BCUT2D eigenvalue weighted by atomic mass is 10.2. The van der Waals surface area contributed by atoms with Gasteiger partial charge in [0.2, 0.25) is 5.91 Å². The van der Waals surface area contributed by atoms with E-state index in [1.165, 1.54) is 0 Å². The van der Waals surface area contributed by atoms with E-state index in [4.69, 9.17) is 4.42 Å². The second-order valence-corrected chi connectivity index (χ2v) is 5.24. The van der Waals surface area contributed by atoms with Crippen molar-refractivity contribution in [3.8, 4) is 0 Å². The van der Waals surface area contributed by atoms with E-state index < -0.39 is 0 Å². The highest BCUT2D eigenvalue weighted by molar-refractivity contribution is 7.99. The maximum atomic E-state index is 11.6. The van der Waals surface area contributed by atoms with Crippen LogP contribution < -0.4 is 5.32 Å². The summed E-state index contributed by atoms with van der Waals surface area (Å²) >= 11 is 1.67. The summed E-state index contributed by atoms with van der Waals surface area (Å²) in [5, 5.41) is 2.90. The average molecular weight is 241 g/mol. The van der Waals surface area contributed by atoms with Crippen molar-refractivity contribution >= 4 is 17.7 Å². The van der Waals surface area contributed by atoms with Gasteiger partial charge in [-0.3, -0.25) is 4.79 Å². The van der Waals surface area contributed by atoms with Crippen LogP contribution in [0.15, 0.2) is 22.8 Å². The Balaban J connectivity index is 2.24. The van der Waals surface area contributed by atoms with Gasteiger partial charge < -0.3 is 9.73 Å². The summed E-state index contributed by atoms with van der Waals surface area (Å²) in [6.45, 7) is 6.22. The molecular weight excluding hydrogens is 222 g/mol. The summed E-state index contributed by atoms with van der Waals surface area (Å²) in [5.41, 5.74) is 0. The summed E-state index contributed by atoms with van der Waals surface area (Å²) in [7, 11) is 0. The first kappa shape index (κ1) is 13.2. The van der Waals surface area contributed by atoms with E-state index in [-0.39, 0.29) is 11.9 Å². The van der Waals surface area contributed by atoms with Crippen molar-refractivity contribution < 1.29 is 9.21 Å². The lowest BCUT2D eigenvalue weighted by Gasteiger charge is -2.11. The fraction of sp³-hybridized carbons (Fsp3) is 0.583. The van der Waals surface area contributed by atoms with Gasteiger partial charge in [-0.25, -0.2) is 0 Å². The predicted molar refractivity (Wildman–Crippen MR) is 67.4 cm³/mol. The molecule has 0 saturated heterocycles. The van der Waals surface area contributed by atoms with E-state index in [1.54, 1.807) is 18.0 Å². The van der Waals surface area contributed by atoms with Crippen LogP contribution in [0.1, 0.15) is 32.6 Å². The number of carbonyl (C=O) groups is 1. The van der Waals surface area contributed by atoms with Gasteiger partial charge in [0.1, 0.15) is 5.76 Å². The maximum absolute atomic E-state index is 11.6. The Morgan fingerprint density at radius 2 is 2.25 bits per heavy atom.